The quantitative estimate of drug-likeness (QED) is 0.0980. The molecule has 3 saturated heterocycles. The maximum atomic E-state index is 14.2. The van der Waals surface area contributed by atoms with Crippen molar-refractivity contribution < 1.29 is 33.4 Å². The van der Waals surface area contributed by atoms with Crippen molar-refractivity contribution in [1.82, 2.24) is 45.4 Å². The predicted octanol–water partition coefficient (Wildman–Crippen LogP) is 8.43. The minimum Gasteiger partial charge on any atom is -0.453 e. The highest BCUT2D eigenvalue weighted by Gasteiger charge is 2.41. The van der Waals surface area contributed by atoms with Crippen LogP contribution >= 0.6 is 0 Å². The van der Waals surface area contributed by atoms with E-state index in [9.17, 15) is 19.2 Å². The van der Waals surface area contributed by atoms with Crippen LogP contribution in [0.3, 0.4) is 0 Å². The van der Waals surface area contributed by atoms with Gasteiger partial charge in [-0.2, -0.15) is 0 Å². The third kappa shape index (κ3) is 10.0. The Kier molecular flexibility index (Phi) is 13.1. The molecule has 16 nitrogen and oxygen atoms in total. The van der Waals surface area contributed by atoms with Gasteiger partial charge in [0.1, 0.15) is 29.3 Å². The number of imidazole rings is 2. The average molecular weight is 908 g/mol. The third-order valence-electron chi connectivity index (χ3n) is 12.9. The number of benzene rings is 3. The minimum absolute atomic E-state index is 0.0360. The molecule has 4 amide bonds. The van der Waals surface area contributed by atoms with Crippen molar-refractivity contribution in [1.29, 1.82) is 0 Å². The molecule has 0 bridgehead atoms. The van der Waals surface area contributed by atoms with Gasteiger partial charge in [-0.25, -0.2) is 24.5 Å². The molecule has 6 heterocycles. The molecule has 3 aromatic carbocycles. The summed E-state index contributed by atoms with van der Waals surface area (Å²) < 4.78 is 15.9. The number of carbonyl (C=O) groups is 4. The fraction of sp³-hybridized carbons (Fsp3) is 0.392. The Morgan fingerprint density at radius 2 is 1.43 bits per heavy atom. The molecular formula is C51H57N9O7. The van der Waals surface area contributed by atoms with Gasteiger partial charge in [0.05, 0.1) is 48.0 Å². The zero-order valence-corrected chi connectivity index (χ0v) is 38.3. The summed E-state index contributed by atoms with van der Waals surface area (Å²) in [5.41, 5.74) is 6.06. The van der Waals surface area contributed by atoms with Crippen molar-refractivity contribution in [3.63, 3.8) is 0 Å². The summed E-state index contributed by atoms with van der Waals surface area (Å²) >= 11 is 0. The molecule has 0 unspecified atom stereocenters. The van der Waals surface area contributed by atoms with Gasteiger partial charge in [-0.3, -0.25) is 9.59 Å². The van der Waals surface area contributed by atoms with E-state index in [1.807, 2.05) is 83.9 Å². The van der Waals surface area contributed by atoms with E-state index in [2.05, 4.69) is 32.7 Å². The lowest BCUT2D eigenvalue weighted by atomic mass is 9.90. The minimum atomic E-state index is -0.916. The monoisotopic (exact) mass is 907 g/mol. The number of amides is 4. The van der Waals surface area contributed by atoms with Crippen LogP contribution in [0.1, 0.15) is 94.6 Å². The largest absolute Gasteiger partial charge is 0.453 e. The number of fused-ring (bicyclic) bond motifs is 1. The number of H-pyrrole nitrogens is 2. The van der Waals surface area contributed by atoms with Crippen molar-refractivity contribution >= 4 is 34.9 Å². The second-order valence-electron chi connectivity index (χ2n) is 18.5. The van der Waals surface area contributed by atoms with Gasteiger partial charge in [0.25, 0.3) is 5.91 Å². The number of methoxy groups -OCH3 is 1. The molecule has 6 aromatic rings. The van der Waals surface area contributed by atoms with E-state index in [0.29, 0.717) is 56.4 Å². The zero-order chi connectivity index (χ0) is 46.7. The molecule has 3 fully saturated rings. The number of nitrogens with zero attached hydrogens (tertiary/aromatic N) is 5. The fourth-order valence-corrected chi connectivity index (χ4v) is 9.52. The summed E-state index contributed by atoms with van der Waals surface area (Å²) in [5, 5.41) is 6.60. The van der Waals surface area contributed by atoms with Crippen molar-refractivity contribution in [2.75, 3.05) is 33.4 Å². The SMILES string of the molecule is COC(=O)N[C@H](C(=O)N1CCC[C@H]1c1ncc(-c2ccc(-c3ccc4cc(-c5c[nH]c([C@@H]6CCCN6C(=O)[C@H](NC(=O)OC(C)(C)C)c6ccccc6)n5)ccc4n3)cc2)[nH]1)C1CCOCC1. The molecule has 4 atom stereocenters. The highest BCUT2D eigenvalue weighted by atomic mass is 16.6. The average Bonchev–Trinajstić information content (AvgIpc) is 4.20. The van der Waals surface area contributed by atoms with Crippen molar-refractivity contribution in [2.24, 2.45) is 5.92 Å². The van der Waals surface area contributed by atoms with Gasteiger partial charge < -0.3 is 44.6 Å². The molecule has 0 saturated carbocycles. The van der Waals surface area contributed by atoms with Crippen molar-refractivity contribution in [3.05, 3.63) is 115 Å². The topological polar surface area (TPSA) is 197 Å². The maximum absolute atomic E-state index is 14.2. The second kappa shape index (κ2) is 19.4. The number of aromatic nitrogens is 5. The number of nitrogens with one attached hydrogen (secondary N) is 4. The summed E-state index contributed by atoms with van der Waals surface area (Å²) in [5.74, 6) is 1.03. The van der Waals surface area contributed by atoms with Crippen LogP contribution in [0.5, 0.6) is 0 Å². The van der Waals surface area contributed by atoms with Crippen molar-refractivity contribution in [3.8, 4) is 33.8 Å². The molecule has 3 aliphatic rings. The van der Waals surface area contributed by atoms with Gasteiger partial charge >= 0.3 is 12.2 Å². The van der Waals surface area contributed by atoms with Gasteiger partial charge in [-0.15, -0.1) is 0 Å². The molecule has 4 N–H and O–H groups in total. The molecule has 0 radical (unpaired) electrons. The van der Waals surface area contributed by atoms with Gasteiger partial charge in [0.15, 0.2) is 0 Å². The summed E-state index contributed by atoms with van der Waals surface area (Å²) in [6.07, 6.45) is 6.92. The van der Waals surface area contributed by atoms with Gasteiger partial charge in [0.2, 0.25) is 5.91 Å². The summed E-state index contributed by atoms with van der Waals surface area (Å²) in [4.78, 5) is 78.6. The third-order valence-corrected chi connectivity index (χ3v) is 12.9. The second-order valence-corrected chi connectivity index (χ2v) is 18.5. The number of likely N-dealkylation sites (tertiary alicyclic amines) is 2. The number of aromatic amines is 2. The van der Waals surface area contributed by atoms with E-state index in [0.717, 1.165) is 70.4 Å². The lowest BCUT2D eigenvalue weighted by molar-refractivity contribution is -0.137. The smallest absolute Gasteiger partial charge is 0.408 e. The number of pyridine rings is 1. The molecule has 348 valence electrons. The van der Waals surface area contributed by atoms with Crippen LogP contribution < -0.4 is 10.6 Å². The standard InChI is InChI=1S/C51H57N9O7/c1-51(2,3)67-50(64)58-43(33-10-6-5-7-11-33)47(61)59-24-9-13-42(59)46-53-30-40(56-46)36-19-21-38-35(28-36)18-20-37(54-38)31-14-16-32(17-15-31)39-29-52-45(55-39)41-12-8-25-60(41)48(62)44(57-49(63)65-4)34-22-26-66-27-23-34/h5-7,10-11,14-21,28-30,34,41-44H,8-9,12-13,22-27H2,1-4H3,(H,52,55)(H,53,56)(H,57,63)(H,58,64)/t41-,42-,43+,44-/m0/s1. The number of alkyl carbamates (subject to hydrolysis) is 2. The Balaban J connectivity index is 0.865. The number of rotatable bonds is 11. The number of carbonyl (C=O) groups excluding carboxylic acids is 4. The lowest BCUT2D eigenvalue weighted by Gasteiger charge is -2.34. The van der Waals surface area contributed by atoms with E-state index in [1.165, 1.54) is 7.11 Å². The Labute approximate surface area is 389 Å². The molecule has 9 rings (SSSR count). The molecular weight excluding hydrogens is 851 g/mol. The van der Waals surface area contributed by atoms with Crippen molar-refractivity contribution in [2.45, 2.75) is 89.1 Å². The first-order valence-electron chi connectivity index (χ1n) is 23.1. The molecule has 3 aliphatic heterocycles. The summed E-state index contributed by atoms with van der Waals surface area (Å²) in [6.45, 7) is 7.59. The normalized spacial score (nSPS) is 18.7. The van der Waals surface area contributed by atoms with Crippen LogP contribution in [0.2, 0.25) is 0 Å². The van der Waals surface area contributed by atoms with Gasteiger partial charge in [-0.1, -0.05) is 66.7 Å². The Morgan fingerprint density at radius 3 is 2.15 bits per heavy atom. The van der Waals surface area contributed by atoms with E-state index >= 15 is 0 Å². The van der Waals surface area contributed by atoms with Crippen LogP contribution in [0.15, 0.2) is 97.3 Å². The molecule has 0 spiro atoms. The maximum Gasteiger partial charge on any atom is 0.408 e. The number of hydrogen-bond acceptors (Lipinski definition) is 10. The molecule has 0 aliphatic carbocycles. The summed E-state index contributed by atoms with van der Waals surface area (Å²) in [7, 11) is 1.31. The first kappa shape index (κ1) is 45.1. The zero-order valence-electron chi connectivity index (χ0n) is 38.3. The first-order chi connectivity index (χ1) is 32.4. The predicted molar refractivity (Wildman–Crippen MR) is 251 cm³/mol. The summed E-state index contributed by atoms with van der Waals surface area (Å²) in [6, 6.07) is 25.4. The van der Waals surface area contributed by atoms with E-state index in [1.54, 1.807) is 31.9 Å². The Morgan fingerprint density at radius 1 is 0.746 bits per heavy atom. The lowest BCUT2D eigenvalue weighted by Crippen LogP contribution is -2.53. The van der Waals surface area contributed by atoms with Gasteiger partial charge in [-0.05, 0) is 94.5 Å². The fourth-order valence-electron chi connectivity index (χ4n) is 9.52. The number of hydrogen-bond donors (Lipinski definition) is 4. The van der Waals surface area contributed by atoms with Crippen LogP contribution in [0.4, 0.5) is 9.59 Å². The highest BCUT2D eigenvalue weighted by Crippen LogP contribution is 2.36. The van der Waals surface area contributed by atoms with Crippen LogP contribution in [-0.2, 0) is 23.8 Å². The van der Waals surface area contributed by atoms with Crippen LogP contribution in [0, 0.1) is 5.92 Å². The molecule has 16 heteroatoms. The van der Waals surface area contributed by atoms with Crippen LogP contribution in [0.25, 0.3) is 44.7 Å². The first-order valence-corrected chi connectivity index (χ1v) is 23.1. The molecule has 67 heavy (non-hydrogen) atoms. The Hall–Kier alpha value is -7.07. The highest BCUT2D eigenvalue weighted by molar-refractivity contribution is 5.89. The van der Waals surface area contributed by atoms with E-state index in [-0.39, 0.29) is 29.8 Å². The van der Waals surface area contributed by atoms with E-state index in [4.69, 9.17) is 29.2 Å². The number of ether oxygens (including phenoxy) is 3. The molecule has 3 aromatic heterocycles. The van der Waals surface area contributed by atoms with Crippen LogP contribution in [-0.4, -0.2) is 104 Å². The Bertz CT molecular complexity index is 2720. The van der Waals surface area contributed by atoms with E-state index < -0.39 is 29.9 Å². The van der Waals surface area contributed by atoms with Gasteiger partial charge in [0, 0.05) is 49.0 Å².